The van der Waals surface area contributed by atoms with Gasteiger partial charge in [0.05, 0.1) is 41.9 Å². The number of methoxy groups -OCH3 is 2. The summed E-state index contributed by atoms with van der Waals surface area (Å²) in [4.78, 5) is 27.4. The molecule has 154 valence electrons. The monoisotopic (exact) mass is 436 g/mol. The van der Waals surface area contributed by atoms with E-state index in [4.69, 9.17) is 32.7 Å². The number of hydrogen-bond acceptors (Lipinski definition) is 4. The highest BCUT2D eigenvalue weighted by atomic mass is 35.5. The quantitative estimate of drug-likeness (QED) is 0.726. The summed E-state index contributed by atoms with van der Waals surface area (Å²) in [6, 6.07) is 8.24. The van der Waals surface area contributed by atoms with Gasteiger partial charge in [-0.1, -0.05) is 29.3 Å². The smallest absolute Gasteiger partial charge is 0.256 e. The van der Waals surface area contributed by atoms with Crippen LogP contribution in [-0.2, 0) is 11.2 Å². The second-order valence-corrected chi connectivity index (χ2v) is 7.54. The van der Waals surface area contributed by atoms with Gasteiger partial charge in [0.15, 0.2) is 11.5 Å². The van der Waals surface area contributed by atoms with Crippen LogP contribution in [0.1, 0.15) is 28.8 Å². The Kier molecular flexibility index (Phi) is 6.87. The van der Waals surface area contributed by atoms with Crippen molar-refractivity contribution in [3.05, 3.63) is 51.5 Å². The van der Waals surface area contributed by atoms with E-state index in [0.29, 0.717) is 51.4 Å². The van der Waals surface area contributed by atoms with Crippen molar-refractivity contribution < 1.29 is 19.1 Å². The minimum Gasteiger partial charge on any atom is -0.493 e. The van der Waals surface area contributed by atoms with Crippen LogP contribution in [0.2, 0.25) is 10.0 Å². The Morgan fingerprint density at radius 1 is 1.00 bits per heavy atom. The first-order valence-electron chi connectivity index (χ1n) is 9.22. The maximum absolute atomic E-state index is 13.0. The number of anilines is 1. The molecule has 1 saturated heterocycles. The average Bonchev–Trinajstić information content (AvgIpc) is 3.24. The lowest BCUT2D eigenvalue weighted by atomic mass is 10.1. The van der Waals surface area contributed by atoms with Gasteiger partial charge >= 0.3 is 0 Å². The summed E-state index contributed by atoms with van der Waals surface area (Å²) in [6.45, 7) is 1.40. The number of amides is 2. The lowest BCUT2D eigenvalue weighted by Crippen LogP contribution is -2.29. The molecule has 0 atom stereocenters. The SMILES string of the molecule is COc1cc(NC(=O)Cc2ccc(Cl)c(Cl)c2)c(C(=O)N2CCCC2)cc1OC. The van der Waals surface area contributed by atoms with E-state index in [9.17, 15) is 9.59 Å². The zero-order valence-electron chi connectivity index (χ0n) is 16.3. The second kappa shape index (κ2) is 9.37. The van der Waals surface area contributed by atoms with Crippen molar-refractivity contribution in [1.29, 1.82) is 0 Å². The minimum atomic E-state index is -0.286. The van der Waals surface area contributed by atoms with Crippen molar-refractivity contribution in [2.24, 2.45) is 0 Å². The molecule has 2 amide bonds. The lowest BCUT2D eigenvalue weighted by molar-refractivity contribution is -0.115. The molecule has 0 aliphatic carbocycles. The van der Waals surface area contributed by atoms with E-state index < -0.39 is 0 Å². The molecule has 29 heavy (non-hydrogen) atoms. The zero-order valence-corrected chi connectivity index (χ0v) is 17.8. The molecule has 0 aromatic heterocycles. The average molecular weight is 437 g/mol. The van der Waals surface area contributed by atoms with Gasteiger partial charge in [-0.15, -0.1) is 0 Å². The molecule has 0 spiro atoms. The number of ether oxygens (including phenoxy) is 2. The van der Waals surface area contributed by atoms with Crippen molar-refractivity contribution >= 4 is 40.7 Å². The Morgan fingerprint density at radius 3 is 2.28 bits per heavy atom. The van der Waals surface area contributed by atoms with E-state index in [0.717, 1.165) is 12.8 Å². The van der Waals surface area contributed by atoms with Crippen LogP contribution in [0.3, 0.4) is 0 Å². The zero-order chi connectivity index (χ0) is 21.0. The molecule has 1 fully saturated rings. The molecule has 0 radical (unpaired) electrons. The normalized spacial score (nSPS) is 13.3. The number of benzene rings is 2. The highest BCUT2D eigenvalue weighted by molar-refractivity contribution is 6.42. The van der Waals surface area contributed by atoms with Gasteiger partial charge in [-0.25, -0.2) is 0 Å². The topological polar surface area (TPSA) is 67.9 Å². The molecule has 2 aromatic rings. The Balaban J connectivity index is 1.88. The summed E-state index contributed by atoms with van der Waals surface area (Å²) in [5.41, 5.74) is 1.46. The molecular weight excluding hydrogens is 415 g/mol. The van der Waals surface area contributed by atoms with E-state index in [-0.39, 0.29) is 18.2 Å². The summed E-state index contributed by atoms with van der Waals surface area (Å²) in [5, 5.41) is 3.63. The van der Waals surface area contributed by atoms with Gasteiger partial charge in [-0.05, 0) is 36.6 Å². The Labute approximate surface area is 179 Å². The van der Waals surface area contributed by atoms with Gasteiger partial charge in [0.2, 0.25) is 5.91 Å². The molecule has 8 heteroatoms. The summed E-state index contributed by atoms with van der Waals surface area (Å²) in [6.07, 6.45) is 2.03. The fourth-order valence-corrected chi connectivity index (χ4v) is 3.60. The number of halogens is 2. The van der Waals surface area contributed by atoms with Crippen molar-refractivity contribution in [3.8, 4) is 11.5 Å². The number of nitrogens with one attached hydrogen (secondary N) is 1. The van der Waals surface area contributed by atoms with Crippen LogP contribution in [0.4, 0.5) is 5.69 Å². The van der Waals surface area contributed by atoms with E-state index in [1.54, 1.807) is 35.2 Å². The van der Waals surface area contributed by atoms with Crippen LogP contribution in [0.25, 0.3) is 0 Å². The van der Waals surface area contributed by atoms with Gasteiger partial charge in [-0.3, -0.25) is 9.59 Å². The molecule has 2 aromatic carbocycles. The number of hydrogen-bond donors (Lipinski definition) is 1. The third kappa shape index (κ3) is 4.95. The molecule has 1 aliphatic heterocycles. The highest BCUT2D eigenvalue weighted by Crippen LogP contribution is 2.34. The summed E-state index contributed by atoms with van der Waals surface area (Å²) in [5.74, 6) is 0.423. The Bertz CT molecular complexity index is 927. The second-order valence-electron chi connectivity index (χ2n) is 6.73. The molecule has 0 bridgehead atoms. The number of carbonyl (C=O) groups excluding carboxylic acids is 2. The molecule has 3 rings (SSSR count). The molecule has 0 unspecified atom stereocenters. The van der Waals surface area contributed by atoms with E-state index >= 15 is 0 Å². The van der Waals surface area contributed by atoms with Gasteiger partial charge in [0, 0.05) is 19.2 Å². The van der Waals surface area contributed by atoms with E-state index in [1.807, 2.05) is 0 Å². The first-order chi connectivity index (χ1) is 13.9. The van der Waals surface area contributed by atoms with Crippen molar-refractivity contribution in [3.63, 3.8) is 0 Å². The van der Waals surface area contributed by atoms with Gasteiger partial charge in [0.1, 0.15) is 0 Å². The first-order valence-corrected chi connectivity index (χ1v) is 9.97. The Hall–Kier alpha value is -2.44. The van der Waals surface area contributed by atoms with Crippen molar-refractivity contribution in [2.75, 3.05) is 32.6 Å². The van der Waals surface area contributed by atoms with E-state index in [2.05, 4.69) is 5.32 Å². The van der Waals surface area contributed by atoms with Crippen LogP contribution in [0.15, 0.2) is 30.3 Å². The number of nitrogens with zero attached hydrogens (tertiary/aromatic N) is 1. The van der Waals surface area contributed by atoms with Crippen LogP contribution in [0, 0.1) is 0 Å². The van der Waals surface area contributed by atoms with Crippen LogP contribution in [-0.4, -0.2) is 44.0 Å². The molecule has 1 heterocycles. The minimum absolute atomic E-state index is 0.0859. The summed E-state index contributed by atoms with van der Waals surface area (Å²) in [7, 11) is 3.01. The standard InChI is InChI=1S/C21H22Cl2N2O4/c1-28-18-11-14(21(27)25-7-3-4-8-25)17(12-19(18)29-2)24-20(26)10-13-5-6-15(22)16(23)9-13/h5-6,9,11-12H,3-4,7-8,10H2,1-2H3,(H,24,26). The number of likely N-dealkylation sites (tertiary alicyclic amines) is 1. The fourth-order valence-electron chi connectivity index (χ4n) is 3.28. The molecule has 1 N–H and O–H groups in total. The third-order valence-corrected chi connectivity index (χ3v) is 5.51. The van der Waals surface area contributed by atoms with Crippen molar-refractivity contribution in [2.45, 2.75) is 19.3 Å². The van der Waals surface area contributed by atoms with Crippen LogP contribution in [0.5, 0.6) is 11.5 Å². The maximum Gasteiger partial charge on any atom is 0.256 e. The third-order valence-electron chi connectivity index (χ3n) is 4.77. The fraction of sp³-hybridized carbons (Fsp3) is 0.333. The summed E-state index contributed by atoms with van der Waals surface area (Å²) >= 11 is 12.0. The predicted molar refractivity (Wildman–Crippen MR) is 113 cm³/mol. The van der Waals surface area contributed by atoms with Gasteiger partial charge in [-0.2, -0.15) is 0 Å². The number of rotatable bonds is 6. The summed E-state index contributed by atoms with van der Waals surface area (Å²) < 4.78 is 10.7. The van der Waals surface area contributed by atoms with Gasteiger partial charge < -0.3 is 19.7 Å². The number of carbonyl (C=O) groups is 2. The molecule has 0 saturated carbocycles. The van der Waals surface area contributed by atoms with Crippen molar-refractivity contribution in [1.82, 2.24) is 4.90 Å². The molecule has 6 nitrogen and oxygen atoms in total. The molecule has 1 aliphatic rings. The maximum atomic E-state index is 13.0. The lowest BCUT2D eigenvalue weighted by Gasteiger charge is -2.20. The van der Waals surface area contributed by atoms with Crippen LogP contribution >= 0.6 is 23.2 Å². The molecular formula is C21H22Cl2N2O4. The highest BCUT2D eigenvalue weighted by Gasteiger charge is 2.25. The van der Waals surface area contributed by atoms with Gasteiger partial charge in [0.25, 0.3) is 5.91 Å². The first kappa shape index (κ1) is 21.3. The predicted octanol–water partition coefficient (Wildman–Crippen LogP) is 4.43. The Morgan fingerprint density at radius 2 is 1.66 bits per heavy atom. The van der Waals surface area contributed by atoms with Crippen LogP contribution < -0.4 is 14.8 Å². The van der Waals surface area contributed by atoms with E-state index in [1.165, 1.54) is 14.2 Å². The largest absolute Gasteiger partial charge is 0.493 e.